The molecule has 0 bridgehead atoms. The number of ether oxygens (including phenoxy) is 1. The van der Waals surface area contributed by atoms with Crippen LogP contribution in [0.1, 0.15) is 19.4 Å². The van der Waals surface area contributed by atoms with Gasteiger partial charge in [0.25, 0.3) is 0 Å². The molecule has 0 saturated heterocycles. The molecule has 0 aliphatic heterocycles. The monoisotopic (exact) mass is 272 g/mol. The summed E-state index contributed by atoms with van der Waals surface area (Å²) in [4.78, 5) is 10.4. The van der Waals surface area contributed by atoms with E-state index >= 15 is 0 Å². The summed E-state index contributed by atoms with van der Waals surface area (Å²) in [7, 11) is 0. The number of benzene rings is 1. The van der Waals surface area contributed by atoms with Crippen molar-refractivity contribution in [2.75, 3.05) is 0 Å². The lowest BCUT2D eigenvalue weighted by Crippen LogP contribution is -2.29. The van der Waals surface area contributed by atoms with Crippen molar-refractivity contribution in [2.24, 2.45) is 0 Å². The van der Waals surface area contributed by atoms with Crippen LogP contribution in [0.15, 0.2) is 28.7 Å². The van der Waals surface area contributed by atoms with Crippen molar-refractivity contribution in [1.82, 2.24) is 0 Å². The second-order valence-corrected chi connectivity index (χ2v) is 4.85. The second-order valence-electron chi connectivity index (χ2n) is 3.93. The fraction of sp³-hybridized carbons (Fsp3) is 0.364. The number of halogens is 1. The summed E-state index contributed by atoms with van der Waals surface area (Å²) in [5.74, 6) is 0. The highest BCUT2D eigenvalue weighted by molar-refractivity contribution is 9.10. The molecule has 0 heterocycles. The Morgan fingerprint density at radius 3 is 2.40 bits per heavy atom. The van der Waals surface area contributed by atoms with Gasteiger partial charge in [0, 0.05) is 10.9 Å². The van der Waals surface area contributed by atoms with E-state index < -0.39 is 11.8 Å². The van der Waals surface area contributed by atoms with Crippen LogP contribution in [0.4, 0.5) is 4.79 Å². The van der Waals surface area contributed by atoms with E-state index in [9.17, 15) is 4.79 Å². The van der Waals surface area contributed by atoms with Crippen molar-refractivity contribution in [3.8, 4) is 0 Å². The quantitative estimate of drug-likeness (QED) is 0.858. The summed E-state index contributed by atoms with van der Waals surface area (Å²) >= 11 is 3.34. The third-order valence-electron chi connectivity index (χ3n) is 1.91. The molecule has 0 atom stereocenters. The van der Waals surface area contributed by atoms with Crippen LogP contribution in [0.3, 0.4) is 0 Å². The van der Waals surface area contributed by atoms with Crippen molar-refractivity contribution in [3.63, 3.8) is 0 Å². The molecule has 0 amide bonds. The van der Waals surface area contributed by atoms with E-state index in [0.29, 0.717) is 6.42 Å². The van der Waals surface area contributed by atoms with Gasteiger partial charge in [-0.1, -0.05) is 28.1 Å². The topological polar surface area (TPSA) is 46.5 Å². The van der Waals surface area contributed by atoms with Crippen LogP contribution in [0.25, 0.3) is 0 Å². The summed E-state index contributed by atoms with van der Waals surface area (Å²) in [6, 6.07) is 7.73. The zero-order valence-electron chi connectivity index (χ0n) is 8.66. The standard InChI is InChI=1S/C11H13BrO3/c1-11(2,15-10(13)14)7-8-3-5-9(12)6-4-8/h3-6H,7H2,1-2H3,(H,13,14). The lowest BCUT2D eigenvalue weighted by atomic mass is 9.98. The van der Waals surface area contributed by atoms with Crippen LogP contribution in [0.5, 0.6) is 0 Å². The Morgan fingerprint density at radius 1 is 1.40 bits per heavy atom. The highest BCUT2D eigenvalue weighted by Crippen LogP contribution is 2.19. The van der Waals surface area contributed by atoms with E-state index in [1.165, 1.54) is 0 Å². The lowest BCUT2D eigenvalue weighted by molar-refractivity contribution is 0.00427. The van der Waals surface area contributed by atoms with Crippen molar-refractivity contribution in [2.45, 2.75) is 25.9 Å². The minimum atomic E-state index is -1.24. The Balaban J connectivity index is 2.68. The molecule has 0 aliphatic rings. The Labute approximate surface area is 97.2 Å². The molecule has 0 fully saturated rings. The van der Waals surface area contributed by atoms with Gasteiger partial charge in [-0.05, 0) is 31.5 Å². The van der Waals surface area contributed by atoms with Crippen molar-refractivity contribution in [3.05, 3.63) is 34.3 Å². The van der Waals surface area contributed by atoms with Crippen LogP contribution in [-0.4, -0.2) is 16.9 Å². The zero-order chi connectivity index (χ0) is 11.5. The first-order chi connectivity index (χ1) is 6.89. The molecule has 1 aromatic rings. The van der Waals surface area contributed by atoms with E-state index in [0.717, 1.165) is 10.0 Å². The molecular weight excluding hydrogens is 260 g/mol. The fourth-order valence-corrected chi connectivity index (χ4v) is 1.63. The summed E-state index contributed by atoms with van der Waals surface area (Å²) in [6.07, 6.45) is -0.677. The molecule has 82 valence electrons. The molecule has 4 heteroatoms. The third kappa shape index (κ3) is 4.34. The predicted molar refractivity (Wildman–Crippen MR) is 61.0 cm³/mol. The van der Waals surface area contributed by atoms with Gasteiger partial charge in [-0.2, -0.15) is 0 Å². The maximum atomic E-state index is 10.4. The molecule has 3 nitrogen and oxygen atoms in total. The van der Waals surface area contributed by atoms with Crippen LogP contribution in [0, 0.1) is 0 Å². The van der Waals surface area contributed by atoms with Gasteiger partial charge in [-0.3, -0.25) is 0 Å². The van der Waals surface area contributed by atoms with Gasteiger partial charge in [0.1, 0.15) is 5.60 Å². The van der Waals surface area contributed by atoms with Crippen molar-refractivity contribution < 1.29 is 14.6 Å². The molecule has 0 radical (unpaired) electrons. The van der Waals surface area contributed by atoms with Crippen LogP contribution < -0.4 is 0 Å². The molecule has 0 aromatic heterocycles. The van der Waals surface area contributed by atoms with E-state index in [2.05, 4.69) is 15.9 Å². The summed E-state index contributed by atoms with van der Waals surface area (Å²) in [5, 5.41) is 8.54. The molecule has 0 saturated carbocycles. The second kappa shape index (κ2) is 4.66. The fourth-order valence-electron chi connectivity index (χ4n) is 1.37. The molecule has 1 N–H and O–H groups in total. The number of rotatable bonds is 3. The molecule has 0 aliphatic carbocycles. The summed E-state index contributed by atoms with van der Waals surface area (Å²) in [5.41, 5.74) is 0.351. The first kappa shape index (κ1) is 12.0. The van der Waals surface area contributed by atoms with Crippen molar-refractivity contribution >= 4 is 22.1 Å². The number of hydrogen-bond donors (Lipinski definition) is 1. The summed E-state index contributed by atoms with van der Waals surface area (Å²) < 4.78 is 5.78. The van der Waals surface area contributed by atoms with Gasteiger partial charge in [0.05, 0.1) is 0 Å². The normalized spacial score (nSPS) is 11.1. The predicted octanol–water partition coefficient (Wildman–Crippen LogP) is 3.46. The number of carboxylic acid groups (broad SMARTS) is 1. The molecular formula is C11H13BrO3. The van der Waals surface area contributed by atoms with Crippen molar-refractivity contribution in [1.29, 1.82) is 0 Å². The largest absolute Gasteiger partial charge is 0.506 e. The molecule has 1 aromatic carbocycles. The molecule has 1 rings (SSSR count). The molecule has 0 spiro atoms. The average molecular weight is 273 g/mol. The Hall–Kier alpha value is -1.03. The van der Waals surface area contributed by atoms with Crippen LogP contribution in [-0.2, 0) is 11.2 Å². The molecule has 15 heavy (non-hydrogen) atoms. The minimum absolute atomic E-state index is 0.562. The highest BCUT2D eigenvalue weighted by Gasteiger charge is 2.22. The number of carbonyl (C=O) groups is 1. The Morgan fingerprint density at radius 2 is 1.93 bits per heavy atom. The van der Waals surface area contributed by atoms with Crippen LogP contribution in [0.2, 0.25) is 0 Å². The minimum Gasteiger partial charge on any atom is -0.450 e. The van der Waals surface area contributed by atoms with Gasteiger partial charge in [0.2, 0.25) is 0 Å². The Bertz CT molecular complexity index is 343. The first-order valence-electron chi connectivity index (χ1n) is 4.55. The lowest BCUT2D eigenvalue weighted by Gasteiger charge is -2.23. The first-order valence-corrected chi connectivity index (χ1v) is 5.35. The maximum Gasteiger partial charge on any atom is 0.506 e. The smallest absolute Gasteiger partial charge is 0.450 e. The number of hydrogen-bond acceptors (Lipinski definition) is 2. The highest BCUT2D eigenvalue weighted by atomic mass is 79.9. The van der Waals surface area contributed by atoms with E-state index in [-0.39, 0.29) is 0 Å². The summed E-state index contributed by atoms with van der Waals surface area (Å²) in [6.45, 7) is 3.51. The van der Waals surface area contributed by atoms with Gasteiger partial charge in [-0.15, -0.1) is 0 Å². The van der Waals surface area contributed by atoms with E-state index in [1.54, 1.807) is 13.8 Å². The third-order valence-corrected chi connectivity index (χ3v) is 2.44. The SMILES string of the molecule is CC(C)(Cc1ccc(Br)cc1)OC(=O)O. The van der Waals surface area contributed by atoms with Crippen LogP contribution >= 0.6 is 15.9 Å². The van der Waals surface area contributed by atoms with Gasteiger partial charge < -0.3 is 9.84 Å². The zero-order valence-corrected chi connectivity index (χ0v) is 10.2. The van der Waals surface area contributed by atoms with Gasteiger partial charge in [0.15, 0.2) is 0 Å². The van der Waals surface area contributed by atoms with Gasteiger partial charge >= 0.3 is 6.16 Å². The van der Waals surface area contributed by atoms with E-state index in [1.807, 2.05) is 24.3 Å². The Kier molecular flexibility index (Phi) is 3.74. The molecule has 0 unspecified atom stereocenters. The van der Waals surface area contributed by atoms with E-state index in [4.69, 9.17) is 9.84 Å². The maximum absolute atomic E-state index is 10.4. The average Bonchev–Trinajstić information content (AvgIpc) is 2.06. The van der Waals surface area contributed by atoms with Gasteiger partial charge in [-0.25, -0.2) is 4.79 Å².